The monoisotopic (exact) mass is 307 g/mol. The molecule has 6 heteroatoms. The van der Waals surface area contributed by atoms with Crippen LogP contribution in [0.15, 0.2) is 55.1 Å². The number of carbonyl (C=O) groups excluding carboxylic acids is 1. The van der Waals surface area contributed by atoms with Crippen LogP contribution in [0.2, 0.25) is 0 Å². The van der Waals surface area contributed by atoms with Crippen LogP contribution in [0.25, 0.3) is 11.3 Å². The van der Waals surface area contributed by atoms with Crippen molar-refractivity contribution < 1.29 is 4.79 Å². The molecule has 2 aromatic heterocycles. The van der Waals surface area contributed by atoms with E-state index in [1.807, 2.05) is 43.3 Å². The van der Waals surface area contributed by atoms with Crippen molar-refractivity contribution in [3.63, 3.8) is 0 Å². The first-order valence-corrected chi connectivity index (χ1v) is 7.29. The average molecular weight is 307 g/mol. The van der Waals surface area contributed by atoms with E-state index in [0.717, 1.165) is 17.0 Å². The number of carbonyl (C=O) groups is 1. The maximum Gasteiger partial charge on any atom is 0.254 e. The summed E-state index contributed by atoms with van der Waals surface area (Å²) in [5.41, 5.74) is 3.36. The molecule has 0 bridgehead atoms. The van der Waals surface area contributed by atoms with E-state index < -0.39 is 0 Å². The Labute approximate surface area is 134 Å². The van der Waals surface area contributed by atoms with Gasteiger partial charge in [-0.3, -0.25) is 9.89 Å². The molecule has 116 valence electrons. The summed E-state index contributed by atoms with van der Waals surface area (Å²) in [7, 11) is 1.78. The molecule has 0 unspecified atom stereocenters. The molecule has 0 aliphatic rings. The van der Waals surface area contributed by atoms with Crippen molar-refractivity contribution in [3.8, 4) is 11.3 Å². The summed E-state index contributed by atoms with van der Waals surface area (Å²) in [5.74, 6) is -0.0488. The number of hydrogen-bond donors (Lipinski definition) is 1. The number of amides is 1. The van der Waals surface area contributed by atoms with Gasteiger partial charge in [-0.05, 0) is 36.8 Å². The molecular formula is C17H17N5O. The first kappa shape index (κ1) is 14.9. The van der Waals surface area contributed by atoms with Crippen LogP contribution in [0.1, 0.15) is 29.0 Å². The second kappa shape index (κ2) is 6.39. The molecule has 0 saturated heterocycles. The van der Waals surface area contributed by atoms with Gasteiger partial charge in [0.2, 0.25) is 0 Å². The van der Waals surface area contributed by atoms with Gasteiger partial charge in [0.1, 0.15) is 6.33 Å². The summed E-state index contributed by atoms with van der Waals surface area (Å²) in [6, 6.07) is 11.0. The lowest BCUT2D eigenvalue weighted by Crippen LogP contribution is -2.30. The van der Waals surface area contributed by atoms with Crippen LogP contribution < -0.4 is 0 Å². The minimum atomic E-state index is -0.127. The molecule has 1 aromatic carbocycles. The van der Waals surface area contributed by atoms with E-state index in [9.17, 15) is 4.79 Å². The first-order chi connectivity index (χ1) is 11.2. The zero-order chi connectivity index (χ0) is 16.2. The number of nitrogens with zero attached hydrogens (tertiary/aromatic N) is 4. The minimum Gasteiger partial charge on any atom is -0.333 e. The average Bonchev–Trinajstić information content (AvgIpc) is 3.15. The first-order valence-electron chi connectivity index (χ1n) is 7.29. The van der Waals surface area contributed by atoms with Gasteiger partial charge in [-0.25, -0.2) is 9.97 Å². The highest BCUT2D eigenvalue weighted by atomic mass is 16.2. The Hall–Kier alpha value is -3.02. The molecule has 0 radical (unpaired) electrons. The largest absolute Gasteiger partial charge is 0.333 e. The van der Waals surface area contributed by atoms with E-state index in [1.165, 1.54) is 6.33 Å². The third-order valence-electron chi connectivity index (χ3n) is 3.88. The van der Waals surface area contributed by atoms with Crippen LogP contribution in [0, 0.1) is 0 Å². The van der Waals surface area contributed by atoms with E-state index in [4.69, 9.17) is 0 Å². The molecule has 0 saturated carbocycles. The van der Waals surface area contributed by atoms with Crippen molar-refractivity contribution in [2.24, 2.45) is 0 Å². The number of H-pyrrole nitrogens is 1. The Morgan fingerprint density at radius 1 is 1.13 bits per heavy atom. The summed E-state index contributed by atoms with van der Waals surface area (Å²) in [4.78, 5) is 22.4. The lowest BCUT2D eigenvalue weighted by Gasteiger charge is -2.24. The Kier molecular flexibility index (Phi) is 4.14. The van der Waals surface area contributed by atoms with Crippen molar-refractivity contribution in [2.45, 2.75) is 13.0 Å². The van der Waals surface area contributed by atoms with Crippen LogP contribution in [0.3, 0.4) is 0 Å². The SMILES string of the molecule is C[C@H](c1ccncn1)N(C)C(=O)c1ccc(-c2ccn[nH]2)cc1. The van der Waals surface area contributed by atoms with Crippen molar-refractivity contribution in [3.05, 3.63) is 66.4 Å². The van der Waals surface area contributed by atoms with Crippen molar-refractivity contribution in [1.29, 1.82) is 0 Å². The molecule has 3 aromatic rings. The van der Waals surface area contributed by atoms with E-state index in [0.29, 0.717) is 5.56 Å². The van der Waals surface area contributed by atoms with Crippen LogP contribution in [0.5, 0.6) is 0 Å². The number of hydrogen-bond acceptors (Lipinski definition) is 4. The number of aromatic nitrogens is 4. The summed E-state index contributed by atoms with van der Waals surface area (Å²) in [6.07, 6.45) is 4.87. The molecule has 23 heavy (non-hydrogen) atoms. The summed E-state index contributed by atoms with van der Waals surface area (Å²) < 4.78 is 0. The molecule has 1 amide bonds. The van der Waals surface area contributed by atoms with Gasteiger partial charge in [0.25, 0.3) is 5.91 Å². The molecule has 2 heterocycles. The zero-order valence-corrected chi connectivity index (χ0v) is 13.0. The summed E-state index contributed by atoms with van der Waals surface area (Å²) >= 11 is 0. The van der Waals surface area contributed by atoms with Gasteiger partial charge >= 0.3 is 0 Å². The Morgan fingerprint density at radius 3 is 2.52 bits per heavy atom. The third kappa shape index (κ3) is 3.11. The van der Waals surface area contributed by atoms with Crippen LogP contribution >= 0.6 is 0 Å². The molecule has 0 spiro atoms. The Morgan fingerprint density at radius 2 is 1.91 bits per heavy atom. The van der Waals surface area contributed by atoms with E-state index >= 15 is 0 Å². The molecule has 1 atom stereocenters. The molecule has 0 aliphatic carbocycles. The number of nitrogens with one attached hydrogen (secondary N) is 1. The topological polar surface area (TPSA) is 74.8 Å². The Bertz CT molecular complexity index is 769. The number of rotatable bonds is 4. The van der Waals surface area contributed by atoms with E-state index in [1.54, 1.807) is 24.3 Å². The maximum atomic E-state index is 12.6. The van der Waals surface area contributed by atoms with Gasteiger partial charge in [-0.2, -0.15) is 5.10 Å². The zero-order valence-electron chi connectivity index (χ0n) is 13.0. The van der Waals surface area contributed by atoms with Crippen LogP contribution in [0.4, 0.5) is 0 Å². The normalized spacial score (nSPS) is 11.9. The molecule has 3 rings (SSSR count). The fraction of sp³-hybridized carbons (Fsp3) is 0.176. The fourth-order valence-electron chi connectivity index (χ4n) is 2.33. The predicted molar refractivity (Wildman–Crippen MR) is 86.6 cm³/mol. The summed E-state index contributed by atoms with van der Waals surface area (Å²) in [5, 5.41) is 6.83. The molecule has 6 nitrogen and oxygen atoms in total. The standard InChI is InChI=1S/C17H17N5O/c1-12(15-7-9-18-11-19-15)22(2)17(23)14-5-3-13(4-6-14)16-8-10-20-21-16/h3-12H,1-2H3,(H,20,21)/t12-/m1/s1. The van der Waals surface area contributed by atoms with Gasteiger partial charge < -0.3 is 4.90 Å². The number of benzene rings is 1. The third-order valence-corrected chi connectivity index (χ3v) is 3.88. The minimum absolute atomic E-state index is 0.0488. The second-order valence-corrected chi connectivity index (χ2v) is 5.27. The molecule has 1 N–H and O–H groups in total. The lowest BCUT2D eigenvalue weighted by atomic mass is 10.1. The highest BCUT2D eigenvalue weighted by Crippen LogP contribution is 2.21. The Balaban J connectivity index is 1.77. The quantitative estimate of drug-likeness (QED) is 0.804. The van der Waals surface area contributed by atoms with E-state index in [-0.39, 0.29) is 11.9 Å². The fourth-order valence-corrected chi connectivity index (χ4v) is 2.33. The summed E-state index contributed by atoms with van der Waals surface area (Å²) in [6.45, 7) is 1.94. The van der Waals surface area contributed by atoms with Gasteiger partial charge in [0, 0.05) is 25.0 Å². The van der Waals surface area contributed by atoms with E-state index in [2.05, 4.69) is 20.2 Å². The van der Waals surface area contributed by atoms with Gasteiger partial charge in [-0.1, -0.05) is 12.1 Å². The lowest BCUT2D eigenvalue weighted by molar-refractivity contribution is 0.0739. The van der Waals surface area contributed by atoms with Crippen LogP contribution in [-0.4, -0.2) is 38.0 Å². The molecule has 0 fully saturated rings. The van der Waals surface area contributed by atoms with Crippen LogP contribution in [-0.2, 0) is 0 Å². The molecular weight excluding hydrogens is 290 g/mol. The van der Waals surface area contributed by atoms with Gasteiger partial charge in [-0.15, -0.1) is 0 Å². The molecule has 0 aliphatic heterocycles. The van der Waals surface area contributed by atoms with Crippen molar-refractivity contribution in [1.82, 2.24) is 25.1 Å². The second-order valence-electron chi connectivity index (χ2n) is 5.27. The highest BCUT2D eigenvalue weighted by molar-refractivity contribution is 5.94. The number of aromatic amines is 1. The van der Waals surface area contributed by atoms with Crippen molar-refractivity contribution >= 4 is 5.91 Å². The predicted octanol–water partition coefficient (Wildman–Crippen LogP) is 2.70. The van der Waals surface area contributed by atoms with Gasteiger partial charge in [0.05, 0.1) is 17.4 Å². The maximum absolute atomic E-state index is 12.6. The van der Waals surface area contributed by atoms with Crippen molar-refractivity contribution in [2.75, 3.05) is 7.05 Å². The smallest absolute Gasteiger partial charge is 0.254 e. The highest BCUT2D eigenvalue weighted by Gasteiger charge is 2.19. The van der Waals surface area contributed by atoms with Gasteiger partial charge in [0.15, 0.2) is 0 Å².